The molecular weight excluding hydrogens is 216 g/mol. The van der Waals surface area contributed by atoms with Gasteiger partial charge in [0.15, 0.2) is 5.60 Å². The highest BCUT2D eigenvalue weighted by atomic mass is 16.7. The molecule has 0 spiro atoms. The summed E-state index contributed by atoms with van der Waals surface area (Å²) in [6.07, 6.45) is 1.48. The minimum Gasteiger partial charge on any atom is -0.464 e. The largest absolute Gasteiger partial charge is 0.464 e. The molecule has 0 saturated carbocycles. The Bertz CT molecular complexity index is 388. The third kappa shape index (κ3) is 2.20. The van der Waals surface area contributed by atoms with Gasteiger partial charge in [-0.15, -0.1) is 0 Å². The van der Waals surface area contributed by atoms with Crippen molar-refractivity contribution in [3.63, 3.8) is 0 Å². The van der Waals surface area contributed by atoms with Gasteiger partial charge < -0.3 is 9.47 Å². The van der Waals surface area contributed by atoms with Crippen LogP contribution in [0.4, 0.5) is 0 Å². The number of benzene rings is 1. The van der Waals surface area contributed by atoms with Crippen LogP contribution in [0.2, 0.25) is 0 Å². The second-order valence-corrected chi connectivity index (χ2v) is 4.27. The summed E-state index contributed by atoms with van der Waals surface area (Å²) < 4.78 is 10.8. The number of carbonyl (C=O) groups excluding carboxylic acids is 1. The maximum absolute atomic E-state index is 12.0. The second-order valence-electron chi connectivity index (χ2n) is 4.27. The zero-order valence-electron chi connectivity index (χ0n) is 10.3. The Hall–Kier alpha value is -1.35. The maximum Gasteiger partial charge on any atom is 0.341 e. The molecule has 17 heavy (non-hydrogen) atoms. The number of epoxide rings is 1. The van der Waals surface area contributed by atoms with Crippen molar-refractivity contribution in [3.8, 4) is 0 Å². The van der Waals surface area contributed by atoms with Crippen LogP contribution in [-0.4, -0.2) is 18.2 Å². The van der Waals surface area contributed by atoms with E-state index in [9.17, 15) is 4.79 Å². The number of esters is 1. The van der Waals surface area contributed by atoms with Gasteiger partial charge in [0, 0.05) is 0 Å². The van der Waals surface area contributed by atoms with Crippen LogP contribution in [0.15, 0.2) is 30.3 Å². The van der Waals surface area contributed by atoms with E-state index in [-0.39, 0.29) is 12.1 Å². The number of carbonyl (C=O) groups is 1. The third-order valence-corrected chi connectivity index (χ3v) is 3.04. The number of hydrogen-bond donors (Lipinski definition) is 0. The lowest BCUT2D eigenvalue weighted by Gasteiger charge is -2.10. The summed E-state index contributed by atoms with van der Waals surface area (Å²) in [6.45, 7) is 4.26. The molecule has 1 heterocycles. The number of hydrogen-bond acceptors (Lipinski definition) is 3. The third-order valence-electron chi connectivity index (χ3n) is 3.04. The molecule has 92 valence electrons. The lowest BCUT2D eigenvalue weighted by atomic mass is 9.95. The highest BCUT2D eigenvalue weighted by Crippen LogP contribution is 2.53. The fourth-order valence-electron chi connectivity index (χ4n) is 2.21. The van der Waals surface area contributed by atoms with E-state index in [0.29, 0.717) is 13.0 Å². The van der Waals surface area contributed by atoms with Crippen LogP contribution >= 0.6 is 0 Å². The van der Waals surface area contributed by atoms with Crippen molar-refractivity contribution in [2.75, 3.05) is 6.61 Å². The Morgan fingerprint density at radius 3 is 2.65 bits per heavy atom. The van der Waals surface area contributed by atoms with Gasteiger partial charge in [-0.05, 0) is 18.9 Å². The molecule has 1 aliphatic rings. The lowest BCUT2D eigenvalue weighted by Crippen LogP contribution is -2.27. The van der Waals surface area contributed by atoms with Gasteiger partial charge >= 0.3 is 5.97 Å². The molecule has 0 radical (unpaired) electrons. The summed E-state index contributed by atoms with van der Waals surface area (Å²) in [7, 11) is 0. The highest BCUT2D eigenvalue weighted by Gasteiger charge is 2.63. The molecule has 1 saturated heterocycles. The van der Waals surface area contributed by atoms with E-state index in [4.69, 9.17) is 9.47 Å². The molecule has 0 N–H and O–H groups in total. The van der Waals surface area contributed by atoms with E-state index < -0.39 is 5.60 Å². The Balaban J connectivity index is 2.15. The maximum atomic E-state index is 12.0. The van der Waals surface area contributed by atoms with Crippen molar-refractivity contribution < 1.29 is 14.3 Å². The van der Waals surface area contributed by atoms with Gasteiger partial charge in [0.25, 0.3) is 0 Å². The van der Waals surface area contributed by atoms with Crippen LogP contribution in [0, 0.1) is 0 Å². The quantitative estimate of drug-likeness (QED) is 0.581. The molecule has 1 fully saturated rings. The molecule has 3 heteroatoms. The average molecular weight is 234 g/mol. The normalized spacial score (nSPS) is 26.6. The Morgan fingerprint density at radius 1 is 1.35 bits per heavy atom. The molecule has 0 aromatic heterocycles. The van der Waals surface area contributed by atoms with Gasteiger partial charge in [-0.2, -0.15) is 0 Å². The summed E-state index contributed by atoms with van der Waals surface area (Å²) in [5, 5.41) is 0. The summed E-state index contributed by atoms with van der Waals surface area (Å²) in [4.78, 5) is 12.0. The molecule has 2 rings (SSSR count). The molecule has 0 amide bonds. The summed E-state index contributed by atoms with van der Waals surface area (Å²) >= 11 is 0. The SMILES string of the molecule is CCC[C@]1(C(=O)OCC)O[C@@H]1c1ccccc1. The Kier molecular flexibility index (Phi) is 3.48. The van der Waals surface area contributed by atoms with Gasteiger partial charge in [-0.1, -0.05) is 43.7 Å². The summed E-state index contributed by atoms with van der Waals surface area (Å²) in [5.41, 5.74) is 0.320. The summed E-state index contributed by atoms with van der Waals surface area (Å²) in [5.74, 6) is -0.226. The van der Waals surface area contributed by atoms with E-state index >= 15 is 0 Å². The molecule has 3 nitrogen and oxygen atoms in total. The first-order chi connectivity index (χ1) is 8.24. The molecule has 2 atom stereocenters. The minimum atomic E-state index is -0.730. The first kappa shape index (κ1) is 12.1. The van der Waals surface area contributed by atoms with Gasteiger partial charge in [-0.25, -0.2) is 4.79 Å². The molecule has 1 aromatic rings. The van der Waals surface area contributed by atoms with Gasteiger partial charge in [0.05, 0.1) is 6.61 Å². The van der Waals surface area contributed by atoms with Crippen molar-refractivity contribution in [3.05, 3.63) is 35.9 Å². The molecule has 1 aliphatic heterocycles. The van der Waals surface area contributed by atoms with Gasteiger partial charge in [0.1, 0.15) is 6.10 Å². The zero-order chi connectivity index (χ0) is 12.3. The van der Waals surface area contributed by atoms with Crippen molar-refractivity contribution >= 4 is 5.97 Å². The lowest BCUT2D eigenvalue weighted by molar-refractivity contribution is -0.149. The van der Waals surface area contributed by atoms with E-state index in [0.717, 1.165) is 12.0 Å². The molecule has 0 unspecified atom stereocenters. The van der Waals surface area contributed by atoms with Gasteiger partial charge in [0.2, 0.25) is 0 Å². The average Bonchev–Trinajstić information content (AvgIpc) is 3.07. The topological polar surface area (TPSA) is 38.8 Å². The Labute approximate surface area is 102 Å². The van der Waals surface area contributed by atoms with Crippen LogP contribution < -0.4 is 0 Å². The van der Waals surface area contributed by atoms with Crippen LogP contribution in [0.3, 0.4) is 0 Å². The number of ether oxygens (including phenoxy) is 2. The van der Waals surface area contributed by atoms with Crippen molar-refractivity contribution in [2.45, 2.75) is 38.4 Å². The van der Waals surface area contributed by atoms with Crippen LogP contribution in [0.25, 0.3) is 0 Å². The van der Waals surface area contributed by atoms with E-state index in [2.05, 4.69) is 0 Å². The smallest absolute Gasteiger partial charge is 0.341 e. The van der Waals surface area contributed by atoms with Crippen LogP contribution in [0.5, 0.6) is 0 Å². The standard InChI is InChI=1S/C14H18O3/c1-3-10-14(13(15)16-4-2)12(17-14)11-8-6-5-7-9-11/h5-9,12H,3-4,10H2,1-2H3/t12-,14+/m1/s1. The molecule has 1 aromatic carbocycles. The second kappa shape index (κ2) is 4.88. The molecule has 0 aliphatic carbocycles. The minimum absolute atomic E-state index is 0.136. The fraction of sp³-hybridized carbons (Fsp3) is 0.500. The van der Waals surface area contributed by atoms with Crippen LogP contribution in [-0.2, 0) is 14.3 Å². The van der Waals surface area contributed by atoms with E-state index in [1.54, 1.807) is 0 Å². The first-order valence-corrected chi connectivity index (χ1v) is 6.14. The van der Waals surface area contributed by atoms with Crippen molar-refractivity contribution in [2.24, 2.45) is 0 Å². The number of rotatable bonds is 5. The van der Waals surface area contributed by atoms with E-state index in [1.165, 1.54) is 0 Å². The predicted octanol–water partition coefficient (Wildman–Crippen LogP) is 2.86. The molecule has 0 bridgehead atoms. The van der Waals surface area contributed by atoms with Crippen molar-refractivity contribution in [1.82, 2.24) is 0 Å². The van der Waals surface area contributed by atoms with Crippen LogP contribution in [0.1, 0.15) is 38.4 Å². The predicted molar refractivity (Wildman–Crippen MR) is 64.5 cm³/mol. The Morgan fingerprint density at radius 2 is 2.06 bits per heavy atom. The van der Waals surface area contributed by atoms with Crippen molar-refractivity contribution in [1.29, 1.82) is 0 Å². The fourth-order valence-corrected chi connectivity index (χ4v) is 2.21. The monoisotopic (exact) mass is 234 g/mol. The van der Waals surface area contributed by atoms with E-state index in [1.807, 2.05) is 44.2 Å². The highest BCUT2D eigenvalue weighted by molar-refractivity contribution is 5.83. The zero-order valence-corrected chi connectivity index (χ0v) is 10.3. The van der Waals surface area contributed by atoms with Gasteiger partial charge in [-0.3, -0.25) is 0 Å². The summed E-state index contributed by atoms with van der Waals surface area (Å²) in [6, 6.07) is 9.85. The first-order valence-electron chi connectivity index (χ1n) is 6.14. The molecular formula is C14H18O3.